The molecule has 0 bridgehead atoms. The standard InChI is InChI=1S/C10H20N2S/c11-10(9-1-2-9)3-4-12-5-7-13-8-6-12/h9-10H,1-8,11H2. The van der Waals surface area contributed by atoms with E-state index in [-0.39, 0.29) is 0 Å². The minimum absolute atomic E-state index is 0.495. The molecule has 0 aromatic heterocycles. The number of nitrogens with two attached hydrogens (primary N) is 1. The Balaban J connectivity index is 1.60. The molecule has 1 aliphatic heterocycles. The molecule has 2 N–H and O–H groups in total. The fourth-order valence-electron chi connectivity index (χ4n) is 1.92. The van der Waals surface area contributed by atoms with E-state index in [4.69, 9.17) is 5.73 Å². The van der Waals surface area contributed by atoms with Crippen molar-refractivity contribution >= 4 is 11.8 Å². The highest BCUT2D eigenvalue weighted by Crippen LogP contribution is 2.32. The minimum Gasteiger partial charge on any atom is -0.327 e. The Morgan fingerprint density at radius 3 is 2.62 bits per heavy atom. The van der Waals surface area contributed by atoms with Crippen molar-refractivity contribution in [3.63, 3.8) is 0 Å². The van der Waals surface area contributed by atoms with Crippen LogP contribution in [0.4, 0.5) is 0 Å². The Labute approximate surface area is 85.2 Å². The van der Waals surface area contributed by atoms with Gasteiger partial charge in [0.1, 0.15) is 0 Å². The lowest BCUT2D eigenvalue weighted by Gasteiger charge is -2.27. The zero-order valence-electron chi connectivity index (χ0n) is 8.24. The quantitative estimate of drug-likeness (QED) is 0.738. The Bertz CT molecular complexity index is 153. The number of rotatable bonds is 4. The lowest BCUT2D eigenvalue weighted by Crippen LogP contribution is -2.36. The highest BCUT2D eigenvalue weighted by Gasteiger charge is 2.28. The van der Waals surface area contributed by atoms with Crippen LogP contribution in [0.15, 0.2) is 0 Å². The first-order valence-electron chi connectivity index (χ1n) is 5.42. The monoisotopic (exact) mass is 200 g/mol. The topological polar surface area (TPSA) is 29.3 Å². The fraction of sp³-hybridized carbons (Fsp3) is 1.00. The Morgan fingerprint density at radius 2 is 2.00 bits per heavy atom. The van der Waals surface area contributed by atoms with E-state index in [0.29, 0.717) is 6.04 Å². The van der Waals surface area contributed by atoms with Gasteiger partial charge in [-0.25, -0.2) is 0 Å². The molecular weight excluding hydrogens is 180 g/mol. The van der Waals surface area contributed by atoms with E-state index >= 15 is 0 Å². The molecule has 0 aromatic carbocycles. The molecule has 1 atom stereocenters. The first-order valence-corrected chi connectivity index (χ1v) is 6.57. The molecule has 3 heteroatoms. The summed E-state index contributed by atoms with van der Waals surface area (Å²) in [6, 6.07) is 0.495. The van der Waals surface area contributed by atoms with Crippen LogP contribution in [0.1, 0.15) is 19.3 Å². The zero-order chi connectivity index (χ0) is 9.10. The molecule has 2 nitrogen and oxygen atoms in total. The summed E-state index contributed by atoms with van der Waals surface area (Å²) in [6.45, 7) is 3.79. The van der Waals surface area contributed by atoms with Gasteiger partial charge in [0.15, 0.2) is 0 Å². The maximum absolute atomic E-state index is 6.06. The highest BCUT2D eigenvalue weighted by molar-refractivity contribution is 7.99. The van der Waals surface area contributed by atoms with Crippen LogP contribution in [0.25, 0.3) is 0 Å². The summed E-state index contributed by atoms with van der Waals surface area (Å²) in [4.78, 5) is 2.57. The molecule has 76 valence electrons. The molecule has 1 saturated carbocycles. The van der Waals surface area contributed by atoms with Crippen LogP contribution in [0.3, 0.4) is 0 Å². The summed E-state index contributed by atoms with van der Waals surface area (Å²) < 4.78 is 0. The molecule has 1 heterocycles. The first kappa shape index (κ1) is 9.81. The summed E-state index contributed by atoms with van der Waals surface area (Å²) in [6.07, 6.45) is 3.99. The lowest BCUT2D eigenvalue weighted by molar-refractivity contribution is 0.284. The van der Waals surface area contributed by atoms with Crippen molar-refractivity contribution in [3.05, 3.63) is 0 Å². The van der Waals surface area contributed by atoms with E-state index in [9.17, 15) is 0 Å². The van der Waals surface area contributed by atoms with E-state index in [2.05, 4.69) is 16.7 Å². The van der Waals surface area contributed by atoms with Crippen molar-refractivity contribution in [3.8, 4) is 0 Å². The minimum atomic E-state index is 0.495. The second-order valence-corrected chi connectivity index (χ2v) is 5.47. The average Bonchev–Trinajstić information content (AvgIpc) is 2.99. The van der Waals surface area contributed by atoms with Gasteiger partial charge in [0.2, 0.25) is 0 Å². The molecule has 0 radical (unpaired) electrons. The van der Waals surface area contributed by atoms with Crippen LogP contribution in [-0.4, -0.2) is 42.1 Å². The molecule has 0 amide bonds. The van der Waals surface area contributed by atoms with E-state index in [0.717, 1.165) is 5.92 Å². The number of thioether (sulfide) groups is 1. The summed E-state index contributed by atoms with van der Waals surface area (Å²) >= 11 is 2.08. The second-order valence-electron chi connectivity index (χ2n) is 4.24. The molecule has 1 aliphatic carbocycles. The van der Waals surface area contributed by atoms with Gasteiger partial charge in [-0.15, -0.1) is 0 Å². The van der Waals surface area contributed by atoms with Crippen LogP contribution in [0, 0.1) is 5.92 Å². The smallest absolute Gasteiger partial charge is 0.00793 e. The molecule has 1 saturated heterocycles. The van der Waals surface area contributed by atoms with Crippen LogP contribution >= 0.6 is 11.8 Å². The predicted molar refractivity (Wildman–Crippen MR) is 59.1 cm³/mol. The van der Waals surface area contributed by atoms with Gasteiger partial charge in [0, 0.05) is 30.6 Å². The van der Waals surface area contributed by atoms with Crippen molar-refractivity contribution in [2.75, 3.05) is 31.1 Å². The lowest BCUT2D eigenvalue weighted by atomic mass is 10.1. The van der Waals surface area contributed by atoms with E-state index in [1.165, 1.54) is 50.4 Å². The molecule has 1 unspecified atom stereocenters. The van der Waals surface area contributed by atoms with Crippen molar-refractivity contribution in [2.24, 2.45) is 11.7 Å². The zero-order valence-corrected chi connectivity index (χ0v) is 9.06. The number of hydrogen-bond donors (Lipinski definition) is 1. The molecule has 2 rings (SSSR count). The molecule has 13 heavy (non-hydrogen) atoms. The van der Waals surface area contributed by atoms with E-state index in [1.54, 1.807) is 0 Å². The summed E-state index contributed by atoms with van der Waals surface area (Å²) in [5.74, 6) is 3.51. The van der Waals surface area contributed by atoms with Gasteiger partial charge in [-0.3, -0.25) is 0 Å². The van der Waals surface area contributed by atoms with E-state index < -0.39 is 0 Å². The third-order valence-electron chi connectivity index (χ3n) is 3.11. The van der Waals surface area contributed by atoms with Crippen molar-refractivity contribution in [1.29, 1.82) is 0 Å². The molecule has 0 spiro atoms. The van der Waals surface area contributed by atoms with Gasteiger partial charge in [0.25, 0.3) is 0 Å². The van der Waals surface area contributed by atoms with Gasteiger partial charge in [-0.1, -0.05) is 0 Å². The van der Waals surface area contributed by atoms with Crippen molar-refractivity contribution < 1.29 is 0 Å². The van der Waals surface area contributed by atoms with Crippen molar-refractivity contribution in [1.82, 2.24) is 4.90 Å². The summed E-state index contributed by atoms with van der Waals surface area (Å²) in [5.41, 5.74) is 6.06. The Morgan fingerprint density at radius 1 is 1.31 bits per heavy atom. The average molecular weight is 200 g/mol. The van der Waals surface area contributed by atoms with Crippen LogP contribution in [0.5, 0.6) is 0 Å². The summed E-state index contributed by atoms with van der Waals surface area (Å²) in [5, 5.41) is 0. The van der Waals surface area contributed by atoms with Gasteiger partial charge < -0.3 is 10.6 Å². The van der Waals surface area contributed by atoms with Gasteiger partial charge >= 0.3 is 0 Å². The SMILES string of the molecule is NC(CCN1CCSCC1)C1CC1. The largest absolute Gasteiger partial charge is 0.327 e. The van der Waals surface area contributed by atoms with Gasteiger partial charge in [-0.05, 0) is 31.7 Å². The third kappa shape index (κ3) is 3.15. The predicted octanol–water partition coefficient (Wildman–Crippen LogP) is 1.16. The normalized spacial score (nSPS) is 27.5. The second kappa shape index (κ2) is 4.67. The number of hydrogen-bond acceptors (Lipinski definition) is 3. The summed E-state index contributed by atoms with van der Waals surface area (Å²) in [7, 11) is 0. The molecule has 0 aromatic rings. The molecular formula is C10H20N2S. The van der Waals surface area contributed by atoms with Gasteiger partial charge in [-0.2, -0.15) is 11.8 Å². The fourth-order valence-corrected chi connectivity index (χ4v) is 2.90. The molecule has 2 aliphatic rings. The maximum Gasteiger partial charge on any atom is 0.00793 e. The van der Waals surface area contributed by atoms with Crippen LogP contribution in [-0.2, 0) is 0 Å². The van der Waals surface area contributed by atoms with Gasteiger partial charge in [0.05, 0.1) is 0 Å². The van der Waals surface area contributed by atoms with Crippen LogP contribution in [0.2, 0.25) is 0 Å². The van der Waals surface area contributed by atoms with Crippen LogP contribution < -0.4 is 5.73 Å². The molecule has 2 fully saturated rings. The Hall–Kier alpha value is 0.270. The van der Waals surface area contributed by atoms with Crippen molar-refractivity contribution in [2.45, 2.75) is 25.3 Å². The van der Waals surface area contributed by atoms with E-state index in [1.807, 2.05) is 0 Å². The highest BCUT2D eigenvalue weighted by atomic mass is 32.2. The Kier molecular flexibility index (Phi) is 3.52. The number of nitrogens with zero attached hydrogens (tertiary/aromatic N) is 1. The maximum atomic E-state index is 6.06. The first-order chi connectivity index (χ1) is 6.36. The third-order valence-corrected chi connectivity index (χ3v) is 4.05.